The normalized spacial score (nSPS) is 12.3. The molecule has 0 bridgehead atoms. The predicted octanol–water partition coefficient (Wildman–Crippen LogP) is 2.43. The summed E-state index contributed by atoms with van der Waals surface area (Å²) in [6.45, 7) is 0.298. The quantitative estimate of drug-likeness (QED) is 0.617. The van der Waals surface area contributed by atoms with Gasteiger partial charge < -0.3 is 9.64 Å². The molecule has 0 heterocycles. The van der Waals surface area contributed by atoms with Gasteiger partial charge in [0.1, 0.15) is 0 Å². The molecular formula is C12H13ClF3NO2. The maximum absolute atomic E-state index is 13.4. The van der Waals surface area contributed by atoms with Gasteiger partial charge in [-0.25, -0.2) is 13.2 Å². The molecule has 19 heavy (non-hydrogen) atoms. The van der Waals surface area contributed by atoms with Crippen molar-refractivity contribution in [1.82, 2.24) is 4.90 Å². The van der Waals surface area contributed by atoms with E-state index in [0.29, 0.717) is 6.07 Å². The average Bonchev–Trinajstić information content (AvgIpc) is 2.35. The van der Waals surface area contributed by atoms with E-state index in [9.17, 15) is 18.0 Å². The SMILES string of the molecule is COCC(Cl)CN(C)C(=O)c1ccc(F)c(F)c1F. The number of alkyl halides is 1. The largest absolute Gasteiger partial charge is 0.383 e. The number of ether oxygens (including phenoxy) is 1. The number of halogens is 4. The molecule has 1 atom stereocenters. The van der Waals surface area contributed by atoms with E-state index in [0.717, 1.165) is 11.0 Å². The summed E-state index contributed by atoms with van der Waals surface area (Å²) in [7, 11) is 2.83. The summed E-state index contributed by atoms with van der Waals surface area (Å²) in [5.41, 5.74) is -0.539. The average molecular weight is 296 g/mol. The second-order valence-corrected chi connectivity index (χ2v) is 4.58. The summed E-state index contributed by atoms with van der Waals surface area (Å²) in [4.78, 5) is 13.0. The van der Waals surface area contributed by atoms with Gasteiger partial charge >= 0.3 is 0 Å². The van der Waals surface area contributed by atoms with Gasteiger partial charge in [0.25, 0.3) is 5.91 Å². The molecule has 0 radical (unpaired) electrons. The fourth-order valence-electron chi connectivity index (χ4n) is 1.51. The number of benzene rings is 1. The van der Waals surface area contributed by atoms with Crippen LogP contribution in [0.2, 0.25) is 0 Å². The van der Waals surface area contributed by atoms with E-state index in [4.69, 9.17) is 16.3 Å². The molecule has 0 fully saturated rings. The number of carbonyl (C=O) groups excluding carboxylic acids is 1. The van der Waals surface area contributed by atoms with E-state index < -0.39 is 34.3 Å². The molecule has 1 amide bonds. The standard InChI is InChI=1S/C12H13ClF3NO2/c1-17(5-7(13)6-19-2)12(18)8-3-4-9(14)11(16)10(8)15/h3-4,7H,5-6H2,1-2H3. The first-order valence-corrected chi connectivity index (χ1v) is 5.84. The summed E-state index contributed by atoms with van der Waals surface area (Å²) in [6, 6.07) is 1.60. The van der Waals surface area contributed by atoms with Crippen LogP contribution in [-0.4, -0.2) is 43.5 Å². The van der Waals surface area contributed by atoms with E-state index in [1.807, 2.05) is 0 Å². The first-order valence-electron chi connectivity index (χ1n) is 5.40. The Balaban J connectivity index is 2.86. The Morgan fingerprint density at radius 2 is 2.00 bits per heavy atom. The second-order valence-electron chi connectivity index (χ2n) is 3.96. The molecule has 0 aliphatic carbocycles. The van der Waals surface area contributed by atoms with Crippen molar-refractivity contribution in [3.8, 4) is 0 Å². The van der Waals surface area contributed by atoms with E-state index in [-0.39, 0.29) is 13.2 Å². The minimum atomic E-state index is -1.67. The van der Waals surface area contributed by atoms with Crippen LogP contribution in [0.1, 0.15) is 10.4 Å². The molecule has 1 rings (SSSR count). The molecule has 0 N–H and O–H groups in total. The summed E-state index contributed by atoms with van der Waals surface area (Å²) in [6.07, 6.45) is 0. The molecule has 1 unspecified atom stereocenters. The molecule has 0 aliphatic rings. The number of amides is 1. The summed E-state index contributed by atoms with van der Waals surface area (Å²) < 4.78 is 44.0. The molecule has 0 saturated carbocycles. The smallest absolute Gasteiger partial charge is 0.256 e. The maximum Gasteiger partial charge on any atom is 0.256 e. The molecule has 3 nitrogen and oxygen atoms in total. The molecule has 106 valence electrons. The van der Waals surface area contributed by atoms with Crippen molar-refractivity contribution in [2.24, 2.45) is 0 Å². The highest BCUT2D eigenvalue weighted by atomic mass is 35.5. The Labute approximate surface area is 113 Å². The van der Waals surface area contributed by atoms with Crippen LogP contribution in [0.15, 0.2) is 12.1 Å². The van der Waals surface area contributed by atoms with Crippen LogP contribution in [0.3, 0.4) is 0 Å². The third-order valence-electron chi connectivity index (χ3n) is 2.43. The molecule has 1 aromatic carbocycles. The van der Waals surface area contributed by atoms with Gasteiger partial charge in [0.05, 0.1) is 17.5 Å². The first kappa shape index (κ1) is 15.8. The van der Waals surface area contributed by atoms with Crippen molar-refractivity contribution >= 4 is 17.5 Å². The summed E-state index contributed by atoms with van der Waals surface area (Å²) in [5.74, 6) is -5.29. The molecule has 7 heteroatoms. The minimum absolute atomic E-state index is 0.0899. The zero-order valence-electron chi connectivity index (χ0n) is 10.4. The third-order valence-corrected chi connectivity index (χ3v) is 2.70. The highest BCUT2D eigenvalue weighted by Gasteiger charge is 2.22. The number of rotatable bonds is 5. The van der Waals surface area contributed by atoms with Crippen molar-refractivity contribution in [3.05, 3.63) is 35.1 Å². The Hall–Kier alpha value is -1.27. The predicted molar refractivity (Wildman–Crippen MR) is 64.8 cm³/mol. The van der Waals surface area contributed by atoms with Crippen LogP contribution in [-0.2, 0) is 4.74 Å². The number of carbonyl (C=O) groups is 1. The summed E-state index contributed by atoms with van der Waals surface area (Å²) >= 11 is 5.86. The van der Waals surface area contributed by atoms with Crippen LogP contribution in [0, 0.1) is 17.5 Å². The van der Waals surface area contributed by atoms with Crippen molar-refractivity contribution in [2.75, 3.05) is 27.3 Å². The lowest BCUT2D eigenvalue weighted by molar-refractivity contribution is 0.0775. The minimum Gasteiger partial charge on any atom is -0.383 e. The molecule has 0 saturated heterocycles. The van der Waals surface area contributed by atoms with Gasteiger partial charge in [-0.15, -0.1) is 11.6 Å². The van der Waals surface area contributed by atoms with Crippen molar-refractivity contribution in [2.45, 2.75) is 5.38 Å². The lowest BCUT2D eigenvalue weighted by atomic mass is 10.1. The van der Waals surface area contributed by atoms with Crippen LogP contribution in [0.25, 0.3) is 0 Å². The molecular weight excluding hydrogens is 283 g/mol. The zero-order chi connectivity index (χ0) is 14.6. The van der Waals surface area contributed by atoms with Gasteiger partial charge in [0, 0.05) is 20.7 Å². The van der Waals surface area contributed by atoms with E-state index in [1.54, 1.807) is 0 Å². The van der Waals surface area contributed by atoms with Gasteiger partial charge in [0.2, 0.25) is 0 Å². The fraction of sp³-hybridized carbons (Fsp3) is 0.417. The van der Waals surface area contributed by atoms with Gasteiger partial charge in [0.15, 0.2) is 17.5 Å². The lowest BCUT2D eigenvalue weighted by Crippen LogP contribution is -2.34. The van der Waals surface area contributed by atoms with Gasteiger partial charge in [-0.3, -0.25) is 4.79 Å². The van der Waals surface area contributed by atoms with Crippen molar-refractivity contribution in [3.63, 3.8) is 0 Å². The fourth-order valence-corrected chi connectivity index (χ4v) is 1.84. The van der Waals surface area contributed by atoms with E-state index >= 15 is 0 Å². The van der Waals surface area contributed by atoms with Gasteiger partial charge in [-0.1, -0.05) is 0 Å². The molecule has 0 spiro atoms. The van der Waals surface area contributed by atoms with Crippen LogP contribution in [0.5, 0.6) is 0 Å². The number of methoxy groups -OCH3 is 1. The second kappa shape index (κ2) is 6.77. The molecule has 0 aromatic heterocycles. The third kappa shape index (κ3) is 3.84. The van der Waals surface area contributed by atoms with Crippen LogP contribution in [0.4, 0.5) is 13.2 Å². The van der Waals surface area contributed by atoms with Gasteiger partial charge in [-0.05, 0) is 12.1 Å². The zero-order valence-corrected chi connectivity index (χ0v) is 11.2. The van der Waals surface area contributed by atoms with Gasteiger partial charge in [-0.2, -0.15) is 0 Å². The Morgan fingerprint density at radius 1 is 1.37 bits per heavy atom. The topological polar surface area (TPSA) is 29.5 Å². The Bertz CT molecular complexity index is 471. The van der Waals surface area contributed by atoms with E-state index in [2.05, 4.69) is 0 Å². The maximum atomic E-state index is 13.4. The Morgan fingerprint density at radius 3 is 2.58 bits per heavy atom. The monoisotopic (exact) mass is 295 g/mol. The van der Waals surface area contributed by atoms with Crippen molar-refractivity contribution < 1.29 is 22.7 Å². The van der Waals surface area contributed by atoms with Crippen LogP contribution < -0.4 is 0 Å². The van der Waals surface area contributed by atoms with Crippen LogP contribution >= 0.6 is 11.6 Å². The van der Waals surface area contributed by atoms with Crippen molar-refractivity contribution in [1.29, 1.82) is 0 Å². The first-order chi connectivity index (χ1) is 8.88. The molecule has 1 aromatic rings. The van der Waals surface area contributed by atoms with E-state index in [1.165, 1.54) is 14.2 Å². The number of hydrogen-bond donors (Lipinski definition) is 0. The lowest BCUT2D eigenvalue weighted by Gasteiger charge is -2.20. The number of hydrogen-bond acceptors (Lipinski definition) is 2. The Kier molecular flexibility index (Phi) is 5.62. The summed E-state index contributed by atoms with van der Waals surface area (Å²) in [5, 5.41) is -0.479. The molecule has 0 aliphatic heterocycles. The number of nitrogens with zero attached hydrogens (tertiary/aromatic N) is 1. The highest BCUT2D eigenvalue weighted by Crippen LogP contribution is 2.17. The highest BCUT2D eigenvalue weighted by molar-refractivity contribution is 6.21.